The van der Waals surface area contributed by atoms with Crippen LogP contribution in [-0.4, -0.2) is 22.4 Å². The average Bonchev–Trinajstić information content (AvgIpc) is 2.13. The largest absolute Gasteiger partial charge is 0.574 e. The van der Waals surface area contributed by atoms with Crippen LogP contribution in [0.1, 0.15) is 22.3 Å². The Balaban J connectivity index is 3.37. The Bertz CT molecular complexity index is 475. The summed E-state index contributed by atoms with van der Waals surface area (Å²) in [6.45, 7) is 0. The highest BCUT2D eigenvalue weighted by molar-refractivity contribution is 5.96. The minimum atomic E-state index is -5.21. The first-order valence-electron chi connectivity index (χ1n) is 4.19. The van der Waals surface area contributed by atoms with Gasteiger partial charge in [-0.25, -0.2) is 18.6 Å². The monoisotopic (exact) mass is 272 g/mol. The number of carboxylic acids is 1. The molecule has 0 radical (unpaired) electrons. The summed E-state index contributed by atoms with van der Waals surface area (Å²) in [7, 11) is 0. The van der Waals surface area contributed by atoms with E-state index >= 15 is 0 Å². The number of nitrogen functional groups attached to an aromatic ring is 1. The van der Waals surface area contributed by atoms with E-state index in [4.69, 9.17) is 10.8 Å². The lowest BCUT2D eigenvalue weighted by Crippen LogP contribution is -2.21. The summed E-state index contributed by atoms with van der Waals surface area (Å²) >= 11 is 0. The van der Waals surface area contributed by atoms with Crippen LogP contribution in [0.5, 0.6) is 5.88 Å². The van der Waals surface area contributed by atoms with Crippen molar-refractivity contribution in [2.75, 3.05) is 5.73 Å². The third kappa shape index (κ3) is 2.96. The fourth-order valence-corrected chi connectivity index (χ4v) is 1.09. The molecule has 1 aromatic heterocycles. The Kier molecular flexibility index (Phi) is 3.58. The van der Waals surface area contributed by atoms with E-state index in [2.05, 4.69) is 9.72 Å². The lowest BCUT2D eigenvalue weighted by Gasteiger charge is -2.13. The summed E-state index contributed by atoms with van der Waals surface area (Å²) in [6, 6.07) is 0. The topological polar surface area (TPSA) is 85.4 Å². The highest BCUT2D eigenvalue weighted by atomic mass is 19.4. The van der Waals surface area contributed by atoms with Crippen molar-refractivity contribution in [3.63, 3.8) is 0 Å². The zero-order valence-corrected chi connectivity index (χ0v) is 8.33. The molecular formula is C8H5F5N2O3. The summed E-state index contributed by atoms with van der Waals surface area (Å²) in [5.41, 5.74) is 1.79. The Morgan fingerprint density at radius 1 is 1.44 bits per heavy atom. The maximum absolute atomic E-state index is 12.4. The fourth-order valence-electron chi connectivity index (χ4n) is 1.09. The molecule has 0 spiro atoms. The molecule has 18 heavy (non-hydrogen) atoms. The van der Waals surface area contributed by atoms with Crippen LogP contribution in [-0.2, 0) is 0 Å². The van der Waals surface area contributed by atoms with Gasteiger partial charge in [-0.15, -0.1) is 13.2 Å². The Hall–Kier alpha value is -2.13. The maximum Gasteiger partial charge on any atom is 0.574 e. The number of aromatic nitrogens is 1. The van der Waals surface area contributed by atoms with Crippen molar-refractivity contribution in [3.05, 3.63) is 17.3 Å². The summed E-state index contributed by atoms with van der Waals surface area (Å²) in [5, 5.41) is 8.64. The lowest BCUT2D eigenvalue weighted by atomic mass is 10.1. The molecule has 5 nitrogen and oxygen atoms in total. The Morgan fingerprint density at radius 2 is 2.00 bits per heavy atom. The molecule has 10 heteroatoms. The van der Waals surface area contributed by atoms with Gasteiger partial charge in [0.25, 0.3) is 6.43 Å². The standard InChI is InChI=1S/C8H5F5N2O3/c9-5(10)2-1-15-6(18-8(11,12)13)3(4(2)14)7(16)17/h1,5H,(H2,14,15)(H,16,17). The summed E-state index contributed by atoms with van der Waals surface area (Å²) in [4.78, 5) is 13.6. The van der Waals surface area contributed by atoms with E-state index in [9.17, 15) is 26.7 Å². The molecule has 0 atom stereocenters. The number of hydrogen-bond donors (Lipinski definition) is 2. The van der Waals surface area contributed by atoms with Gasteiger partial charge in [0.1, 0.15) is 5.56 Å². The molecule has 0 fully saturated rings. The number of hydrogen-bond acceptors (Lipinski definition) is 4. The number of carbonyl (C=O) groups is 1. The van der Waals surface area contributed by atoms with Crippen LogP contribution in [0.3, 0.4) is 0 Å². The summed E-state index contributed by atoms with van der Waals surface area (Å²) < 4.78 is 63.8. The van der Waals surface area contributed by atoms with Crippen LogP contribution in [0.4, 0.5) is 27.6 Å². The van der Waals surface area contributed by atoms with Crippen molar-refractivity contribution in [2.45, 2.75) is 12.8 Å². The third-order valence-electron chi connectivity index (χ3n) is 1.78. The Labute approximate surface area is 96.0 Å². The van der Waals surface area contributed by atoms with Gasteiger partial charge in [0, 0.05) is 6.20 Å². The maximum atomic E-state index is 12.4. The second-order valence-corrected chi connectivity index (χ2v) is 2.96. The normalized spacial score (nSPS) is 11.7. The molecule has 3 N–H and O–H groups in total. The van der Waals surface area contributed by atoms with E-state index in [-0.39, 0.29) is 0 Å². The predicted molar refractivity (Wildman–Crippen MR) is 47.2 cm³/mol. The first-order chi connectivity index (χ1) is 8.13. The molecule has 100 valence electrons. The number of anilines is 1. The number of rotatable bonds is 3. The Morgan fingerprint density at radius 3 is 2.39 bits per heavy atom. The zero-order valence-electron chi connectivity index (χ0n) is 8.33. The van der Waals surface area contributed by atoms with E-state index in [0.29, 0.717) is 6.20 Å². The van der Waals surface area contributed by atoms with Crippen molar-refractivity contribution >= 4 is 11.7 Å². The minimum Gasteiger partial charge on any atom is -0.477 e. The molecule has 0 aliphatic carbocycles. The van der Waals surface area contributed by atoms with Gasteiger partial charge in [0.15, 0.2) is 0 Å². The predicted octanol–water partition coefficient (Wildman–Crippen LogP) is 2.20. The summed E-state index contributed by atoms with van der Waals surface area (Å²) in [6.07, 6.45) is -8.06. The second kappa shape index (κ2) is 4.63. The van der Waals surface area contributed by atoms with Gasteiger partial charge >= 0.3 is 12.3 Å². The number of pyridine rings is 1. The quantitative estimate of drug-likeness (QED) is 0.824. The molecule has 0 saturated carbocycles. The molecule has 0 amide bonds. The van der Waals surface area contributed by atoms with E-state index in [1.54, 1.807) is 0 Å². The van der Waals surface area contributed by atoms with Crippen LogP contribution in [0.25, 0.3) is 0 Å². The van der Waals surface area contributed by atoms with Gasteiger partial charge in [0.05, 0.1) is 11.3 Å². The first kappa shape index (κ1) is 13.9. The smallest absolute Gasteiger partial charge is 0.477 e. The molecule has 1 aromatic rings. The van der Waals surface area contributed by atoms with Gasteiger partial charge in [0.2, 0.25) is 5.88 Å². The van der Waals surface area contributed by atoms with E-state index in [0.717, 1.165) is 0 Å². The van der Waals surface area contributed by atoms with Crippen molar-refractivity contribution in [1.82, 2.24) is 4.98 Å². The SMILES string of the molecule is Nc1c(C(F)F)cnc(OC(F)(F)F)c1C(=O)O. The number of alkyl halides is 5. The second-order valence-electron chi connectivity index (χ2n) is 2.96. The highest BCUT2D eigenvalue weighted by Gasteiger charge is 2.35. The fraction of sp³-hybridized carbons (Fsp3) is 0.250. The van der Waals surface area contributed by atoms with Crippen LogP contribution in [0.2, 0.25) is 0 Å². The van der Waals surface area contributed by atoms with Crippen LogP contribution < -0.4 is 10.5 Å². The van der Waals surface area contributed by atoms with E-state index in [1.165, 1.54) is 0 Å². The lowest BCUT2D eigenvalue weighted by molar-refractivity contribution is -0.276. The zero-order chi connectivity index (χ0) is 14.1. The van der Waals surface area contributed by atoms with Crippen LogP contribution in [0, 0.1) is 0 Å². The first-order valence-corrected chi connectivity index (χ1v) is 4.19. The minimum absolute atomic E-state index is 0.327. The number of ether oxygens (including phenoxy) is 1. The highest BCUT2D eigenvalue weighted by Crippen LogP contribution is 2.33. The van der Waals surface area contributed by atoms with Gasteiger partial charge in [-0.05, 0) is 0 Å². The van der Waals surface area contributed by atoms with Crippen molar-refractivity contribution in [3.8, 4) is 5.88 Å². The van der Waals surface area contributed by atoms with Crippen molar-refractivity contribution in [1.29, 1.82) is 0 Å². The van der Waals surface area contributed by atoms with Gasteiger partial charge in [-0.2, -0.15) is 0 Å². The molecule has 0 aromatic carbocycles. The molecule has 1 heterocycles. The number of nitrogens with two attached hydrogens (primary N) is 1. The third-order valence-corrected chi connectivity index (χ3v) is 1.78. The molecule has 0 saturated heterocycles. The van der Waals surface area contributed by atoms with Crippen LogP contribution in [0.15, 0.2) is 6.20 Å². The van der Waals surface area contributed by atoms with E-state index < -0.39 is 41.5 Å². The van der Waals surface area contributed by atoms with Crippen molar-refractivity contribution < 1.29 is 36.6 Å². The average molecular weight is 272 g/mol. The van der Waals surface area contributed by atoms with Crippen molar-refractivity contribution in [2.24, 2.45) is 0 Å². The number of halogens is 5. The molecular weight excluding hydrogens is 267 g/mol. The summed E-state index contributed by atoms with van der Waals surface area (Å²) in [5.74, 6) is -3.35. The molecule has 0 aliphatic rings. The molecule has 0 unspecified atom stereocenters. The number of aromatic carboxylic acids is 1. The molecule has 1 rings (SSSR count). The number of nitrogens with zero attached hydrogens (tertiary/aromatic N) is 1. The molecule has 0 aliphatic heterocycles. The van der Waals surface area contributed by atoms with Crippen LogP contribution >= 0.6 is 0 Å². The number of carboxylic acid groups (broad SMARTS) is 1. The van der Waals surface area contributed by atoms with Gasteiger partial charge < -0.3 is 15.6 Å². The van der Waals surface area contributed by atoms with E-state index in [1.807, 2.05) is 0 Å². The van der Waals surface area contributed by atoms with Gasteiger partial charge in [-0.3, -0.25) is 0 Å². The molecule has 0 bridgehead atoms. The van der Waals surface area contributed by atoms with Gasteiger partial charge in [-0.1, -0.05) is 0 Å².